The molecule has 0 aromatic carbocycles. The third kappa shape index (κ3) is 4.73. The van der Waals surface area contributed by atoms with Gasteiger partial charge >= 0.3 is 0 Å². The minimum atomic E-state index is -0.939. The zero-order valence-corrected chi connectivity index (χ0v) is 8.23. The molecule has 0 aliphatic rings. The van der Waals surface area contributed by atoms with E-state index >= 15 is 0 Å². The van der Waals surface area contributed by atoms with E-state index in [1.807, 2.05) is 0 Å². The van der Waals surface area contributed by atoms with Gasteiger partial charge in [-0.05, 0) is 20.3 Å². The normalized spacial score (nSPS) is 12.2. The second-order valence-electron chi connectivity index (χ2n) is 3.52. The standard InChI is InChI=1S/C6H17BNSi/c1-7-9(4,5)6-8(2)3/h6H2,1-5H3. The largest absolute Gasteiger partial charge is 0.313 e. The van der Waals surface area contributed by atoms with Crippen molar-refractivity contribution in [3.8, 4) is 0 Å². The quantitative estimate of drug-likeness (QED) is 0.532. The molecule has 0 unspecified atom stereocenters. The highest BCUT2D eigenvalue weighted by Crippen LogP contribution is 1.99. The Morgan fingerprint density at radius 2 is 1.78 bits per heavy atom. The van der Waals surface area contributed by atoms with Crippen LogP contribution in [0, 0.1) is 0 Å². The highest BCUT2D eigenvalue weighted by Gasteiger charge is 2.18. The van der Waals surface area contributed by atoms with Crippen molar-refractivity contribution in [2.45, 2.75) is 19.9 Å². The van der Waals surface area contributed by atoms with Gasteiger partial charge in [0.1, 0.15) is 6.87 Å². The van der Waals surface area contributed by atoms with Gasteiger partial charge in [0.25, 0.3) is 0 Å². The predicted molar refractivity (Wildman–Crippen MR) is 47.7 cm³/mol. The van der Waals surface area contributed by atoms with Crippen LogP contribution in [-0.4, -0.2) is 40.0 Å². The molecule has 0 saturated heterocycles. The van der Waals surface area contributed by atoms with Crippen LogP contribution in [0.25, 0.3) is 0 Å². The molecule has 0 heterocycles. The van der Waals surface area contributed by atoms with Crippen LogP contribution in [0.4, 0.5) is 0 Å². The van der Waals surface area contributed by atoms with E-state index in [0.29, 0.717) is 0 Å². The van der Waals surface area contributed by atoms with Crippen LogP contribution in [0.15, 0.2) is 0 Å². The Morgan fingerprint density at radius 3 is 1.89 bits per heavy atom. The molecular weight excluding hydrogens is 125 g/mol. The van der Waals surface area contributed by atoms with E-state index in [0.717, 1.165) is 0 Å². The maximum absolute atomic E-state index is 2.38. The molecule has 0 aliphatic carbocycles. The van der Waals surface area contributed by atoms with Crippen LogP contribution >= 0.6 is 0 Å². The molecule has 0 aromatic heterocycles. The second kappa shape index (κ2) is 3.42. The summed E-state index contributed by atoms with van der Waals surface area (Å²) in [5, 5.41) is 0. The minimum absolute atomic E-state index is 0.939. The van der Waals surface area contributed by atoms with Crippen molar-refractivity contribution < 1.29 is 0 Å². The molecule has 53 valence electrons. The summed E-state index contributed by atoms with van der Waals surface area (Å²) < 4.78 is 0. The van der Waals surface area contributed by atoms with Crippen LogP contribution in [0.3, 0.4) is 0 Å². The fourth-order valence-corrected chi connectivity index (χ4v) is 2.72. The van der Waals surface area contributed by atoms with Crippen molar-refractivity contribution in [1.82, 2.24) is 4.90 Å². The van der Waals surface area contributed by atoms with Crippen molar-refractivity contribution in [1.29, 1.82) is 0 Å². The average molecular weight is 142 g/mol. The lowest BCUT2D eigenvalue weighted by atomic mass is 10.2. The van der Waals surface area contributed by atoms with Gasteiger partial charge in [-0.3, -0.25) is 0 Å². The molecule has 0 saturated carbocycles. The van der Waals surface area contributed by atoms with Gasteiger partial charge in [-0.25, -0.2) is 0 Å². The van der Waals surface area contributed by atoms with Crippen molar-refractivity contribution in [3.63, 3.8) is 0 Å². The highest BCUT2D eigenvalue weighted by atomic mass is 28.3. The summed E-state index contributed by atoms with van der Waals surface area (Å²) in [7, 11) is 3.33. The van der Waals surface area contributed by atoms with Crippen molar-refractivity contribution in [2.75, 3.05) is 20.3 Å². The Bertz CT molecular complexity index is 83.1. The van der Waals surface area contributed by atoms with Crippen LogP contribution in [-0.2, 0) is 0 Å². The van der Waals surface area contributed by atoms with E-state index in [4.69, 9.17) is 0 Å². The van der Waals surface area contributed by atoms with Crippen LogP contribution in [0.1, 0.15) is 0 Å². The zero-order chi connectivity index (χ0) is 7.49. The fourth-order valence-electron chi connectivity index (χ4n) is 0.906. The summed E-state index contributed by atoms with van der Waals surface area (Å²) in [6.45, 7) is 9.32. The summed E-state index contributed by atoms with van der Waals surface area (Å²) in [4.78, 5) is 2.27. The van der Waals surface area contributed by atoms with Crippen molar-refractivity contribution in [2.24, 2.45) is 0 Å². The van der Waals surface area contributed by atoms with Gasteiger partial charge in [-0.1, -0.05) is 19.9 Å². The molecule has 0 spiro atoms. The lowest BCUT2D eigenvalue weighted by Gasteiger charge is -2.23. The third-order valence-corrected chi connectivity index (χ3v) is 4.52. The Morgan fingerprint density at radius 1 is 1.33 bits per heavy atom. The minimum Gasteiger partial charge on any atom is -0.313 e. The van der Waals surface area contributed by atoms with Crippen LogP contribution < -0.4 is 0 Å². The van der Waals surface area contributed by atoms with E-state index in [-0.39, 0.29) is 0 Å². The molecule has 0 N–H and O–H groups in total. The zero-order valence-electron chi connectivity index (χ0n) is 7.23. The molecule has 0 aliphatic heterocycles. The van der Waals surface area contributed by atoms with Gasteiger partial charge < -0.3 is 4.90 Å². The Labute approximate surface area is 60.6 Å². The molecule has 9 heavy (non-hydrogen) atoms. The molecule has 0 fully saturated rings. The maximum Gasteiger partial charge on any atom is 0.100 e. The van der Waals surface area contributed by atoms with E-state index in [2.05, 4.69) is 45.8 Å². The monoisotopic (exact) mass is 142 g/mol. The smallest absolute Gasteiger partial charge is 0.100 e. The summed E-state index contributed by atoms with van der Waals surface area (Å²) in [5.74, 6) is 0. The molecule has 1 radical (unpaired) electrons. The number of rotatable bonds is 3. The Balaban J connectivity index is 3.58. The van der Waals surface area contributed by atoms with Gasteiger partial charge in [0.2, 0.25) is 0 Å². The van der Waals surface area contributed by atoms with Crippen LogP contribution in [0.5, 0.6) is 0 Å². The molecule has 3 heteroatoms. The molecule has 0 aromatic rings. The summed E-state index contributed by atoms with van der Waals surface area (Å²) in [6.07, 6.45) is 1.27. The second-order valence-corrected chi connectivity index (χ2v) is 8.39. The van der Waals surface area contributed by atoms with Gasteiger partial charge in [0, 0.05) is 7.94 Å². The topological polar surface area (TPSA) is 3.24 Å². The molecule has 0 bridgehead atoms. The molecule has 0 amide bonds. The maximum atomic E-state index is 2.38. The first-order chi connectivity index (χ1) is 3.98. The lowest BCUT2D eigenvalue weighted by Crippen LogP contribution is -2.44. The predicted octanol–water partition coefficient (Wildman–Crippen LogP) is 1.04. The van der Waals surface area contributed by atoms with E-state index in [9.17, 15) is 0 Å². The van der Waals surface area contributed by atoms with Crippen molar-refractivity contribution in [3.05, 3.63) is 0 Å². The Hall–Kier alpha value is 0.242. The van der Waals surface area contributed by atoms with Gasteiger partial charge in [-0.2, -0.15) is 0 Å². The first-order valence-corrected chi connectivity index (χ1v) is 6.71. The summed E-state index contributed by atoms with van der Waals surface area (Å²) in [5.41, 5.74) is 0. The van der Waals surface area contributed by atoms with E-state index in [1.165, 1.54) is 6.17 Å². The summed E-state index contributed by atoms with van der Waals surface area (Å²) in [6, 6.07) is 0. The molecule has 0 atom stereocenters. The van der Waals surface area contributed by atoms with Crippen LogP contribution in [0.2, 0.25) is 19.9 Å². The van der Waals surface area contributed by atoms with E-state index < -0.39 is 7.94 Å². The molecule has 1 nitrogen and oxygen atoms in total. The molecule has 0 rings (SSSR count). The summed E-state index contributed by atoms with van der Waals surface area (Å²) >= 11 is 0. The number of hydrogen-bond donors (Lipinski definition) is 0. The fraction of sp³-hybridized carbons (Fsp3) is 1.00. The van der Waals surface area contributed by atoms with Gasteiger partial charge in [0.05, 0.1) is 0 Å². The molecular formula is C6H17BNSi. The number of hydrogen-bond acceptors (Lipinski definition) is 1. The first-order valence-electron chi connectivity index (χ1n) is 3.43. The average Bonchev–Trinajstić information content (AvgIpc) is 1.63. The SMILES string of the molecule is C[B][Si](C)(C)CN(C)C. The Kier molecular flexibility index (Phi) is 3.51. The van der Waals surface area contributed by atoms with Gasteiger partial charge in [-0.15, -0.1) is 0 Å². The third-order valence-electron chi connectivity index (χ3n) is 1.51. The van der Waals surface area contributed by atoms with Crippen molar-refractivity contribution >= 4 is 14.8 Å². The first kappa shape index (κ1) is 9.24. The van der Waals surface area contributed by atoms with E-state index in [1.54, 1.807) is 0 Å². The highest BCUT2D eigenvalue weighted by molar-refractivity contribution is 7.23. The lowest BCUT2D eigenvalue weighted by molar-refractivity contribution is 0.473. The van der Waals surface area contributed by atoms with Gasteiger partial charge in [0.15, 0.2) is 0 Å². The number of nitrogens with zero attached hydrogens (tertiary/aromatic N) is 1.